The molecule has 2 aromatic rings. The van der Waals surface area contributed by atoms with E-state index >= 15 is 0 Å². The van der Waals surface area contributed by atoms with Crippen LogP contribution in [0.15, 0.2) is 51.1 Å². The molecule has 1 aliphatic rings. The predicted molar refractivity (Wildman–Crippen MR) is 88.6 cm³/mol. The van der Waals surface area contributed by atoms with Gasteiger partial charge in [0.25, 0.3) is 0 Å². The van der Waals surface area contributed by atoms with Crippen molar-refractivity contribution in [3.05, 3.63) is 53.1 Å². The molecule has 0 radical (unpaired) electrons. The zero-order valence-corrected chi connectivity index (χ0v) is 14.9. The second-order valence-corrected chi connectivity index (χ2v) is 8.94. The van der Waals surface area contributed by atoms with E-state index in [0.29, 0.717) is 10.5 Å². The number of sulfone groups is 1. The maximum atomic E-state index is 14.5. The number of aliphatic hydroxyl groups is 1. The van der Waals surface area contributed by atoms with Crippen LogP contribution in [0.3, 0.4) is 0 Å². The quantitative estimate of drug-likeness (QED) is 0.849. The lowest BCUT2D eigenvalue weighted by atomic mass is 10.1. The van der Waals surface area contributed by atoms with Crippen LogP contribution in [-0.4, -0.2) is 25.7 Å². The summed E-state index contributed by atoms with van der Waals surface area (Å²) in [5.74, 6) is -4.13. The van der Waals surface area contributed by atoms with Crippen molar-refractivity contribution in [1.29, 1.82) is 5.26 Å². The maximum Gasteiger partial charge on any atom is 0.312 e. The summed E-state index contributed by atoms with van der Waals surface area (Å²) in [6.07, 6.45) is -4.58. The molecule has 0 bridgehead atoms. The Morgan fingerprint density at radius 3 is 2.54 bits per heavy atom. The van der Waals surface area contributed by atoms with E-state index in [9.17, 15) is 26.7 Å². The SMILES string of the molecule is CS(=O)(=O)c1ccc(Sc2cccc(C#N)c2)c2c1[C@H](O)C(F)(F)[C@@H]2F. The molecule has 3 rings (SSSR count). The number of alkyl halides is 3. The third kappa shape index (κ3) is 2.98. The topological polar surface area (TPSA) is 78.2 Å². The molecule has 2 atom stereocenters. The zero-order valence-electron chi connectivity index (χ0n) is 13.3. The minimum Gasteiger partial charge on any atom is -0.382 e. The Hall–Kier alpha value is -2.02. The summed E-state index contributed by atoms with van der Waals surface area (Å²) < 4.78 is 66.3. The molecule has 0 unspecified atom stereocenters. The molecule has 1 aliphatic carbocycles. The lowest BCUT2D eigenvalue weighted by Crippen LogP contribution is -2.24. The van der Waals surface area contributed by atoms with Crippen molar-refractivity contribution >= 4 is 21.6 Å². The standard InChI is InChI=1S/C17H12F3NO3S2/c1-26(23,24)12-6-5-11(25-10-4-2-3-9(7-10)8-21)13-14(12)16(22)17(19,20)15(13)18/h2-7,15-16,22H,1H3/t15-,16+/m1/s1. The van der Waals surface area contributed by atoms with Crippen LogP contribution < -0.4 is 0 Å². The summed E-state index contributed by atoms with van der Waals surface area (Å²) in [4.78, 5) is 0.0384. The molecular formula is C17H12F3NO3S2. The molecule has 0 aromatic heterocycles. The lowest BCUT2D eigenvalue weighted by Gasteiger charge is -2.16. The third-order valence-electron chi connectivity index (χ3n) is 4.03. The van der Waals surface area contributed by atoms with Gasteiger partial charge in [-0.3, -0.25) is 0 Å². The first-order chi connectivity index (χ1) is 12.1. The van der Waals surface area contributed by atoms with Gasteiger partial charge in [-0.15, -0.1) is 0 Å². The zero-order chi connectivity index (χ0) is 19.3. The first-order valence-electron chi connectivity index (χ1n) is 7.32. The van der Waals surface area contributed by atoms with Gasteiger partial charge in [-0.25, -0.2) is 12.8 Å². The van der Waals surface area contributed by atoms with Crippen molar-refractivity contribution in [3.63, 3.8) is 0 Å². The number of hydrogen-bond donors (Lipinski definition) is 1. The van der Waals surface area contributed by atoms with Gasteiger partial charge in [-0.1, -0.05) is 17.8 Å². The molecule has 2 aromatic carbocycles. The Morgan fingerprint density at radius 2 is 1.92 bits per heavy atom. The van der Waals surface area contributed by atoms with Gasteiger partial charge in [0.2, 0.25) is 0 Å². The molecule has 0 spiro atoms. The number of hydrogen-bond acceptors (Lipinski definition) is 5. The van der Waals surface area contributed by atoms with Gasteiger partial charge < -0.3 is 5.11 Å². The monoisotopic (exact) mass is 399 g/mol. The van der Waals surface area contributed by atoms with Gasteiger partial charge in [0.15, 0.2) is 16.0 Å². The molecule has 0 fully saturated rings. The third-order valence-corrected chi connectivity index (χ3v) is 6.25. The van der Waals surface area contributed by atoms with Gasteiger partial charge in [0.05, 0.1) is 16.5 Å². The van der Waals surface area contributed by atoms with Gasteiger partial charge >= 0.3 is 5.92 Å². The molecule has 136 valence electrons. The summed E-state index contributed by atoms with van der Waals surface area (Å²) in [7, 11) is -3.95. The largest absolute Gasteiger partial charge is 0.382 e. The van der Waals surface area contributed by atoms with Crippen molar-refractivity contribution in [2.45, 2.75) is 32.9 Å². The molecule has 4 nitrogen and oxygen atoms in total. The number of aliphatic hydroxyl groups excluding tert-OH is 1. The highest BCUT2D eigenvalue weighted by atomic mass is 32.2. The van der Waals surface area contributed by atoms with Crippen LogP contribution in [-0.2, 0) is 9.84 Å². The van der Waals surface area contributed by atoms with Crippen LogP contribution in [0, 0.1) is 11.3 Å². The fraction of sp³-hybridized carbons (Fsp3) is 0.235. The lowest BCUT2D eigenvalue weighted by molar-refractivity contribution is -0.144. The summed E-state index contributed by atoms with van der Waals surface area (Å²) in [6, 6.07) is 10.5. The molecule has 0 saturated heterocycles. The van der Waals surface area contributed by atoms with Gasteiger partial charge in [-0.2, -0.15) is 14.0 Å². The van der Waals surface area contributed by atoms with Crippen LogP contribution in [0.1, 0.15) is 29.0 Å². The first-order valence-corrected chi connectivity index (χ1v) is 10.0. The summed E-state index contributed by atoms with van der Waals surface area (Å²) in [6.45, 7) is 0. The molecule has 0 aliphatic heterocycles. The van der Waals surface area contributed by atoms with Crippen molar-refractivity contribution in [3.8, 4) is 6.07 Å². The number of rotatable bonds is 3. The fourth-order valence-corrected chi connectivity index (χ4v) is 4.81. The Bertz CT molecular complexity index is 1030. The minimum atomic E-state index is -4.13. The van der Waals surface area contributed by atoms with Crippen LogP contribution in [0.25, 0.3) is 0 Å². The Balaban J connectivity index is 2.20. The minimum absolute atomic E-state index is 0.0613. The van der Waals surface area contributed by atoms with E-state index < -0.39 is 44.1 Å². The molecule has 0 heterocycles. The van der Waals surface area contributed by atoms with E-state index in [0.717, 1.165) is 24.1 Å². The highest BCUT2D eigenvalue weighted by Crippen LogP contribution is 2.57. The van der Waals surface area contributed by atoms with Crippen LogP contribution in [0.2, 0.25) is 0 Å². The van der Waals surface area contributed by atoms with Crippen LogP contribution in [0.5, 0.6) is 0 Å². The van der Waals surface area contributed by atoms with Crippen molar-refractivity contribution in [2.24, 2.45) is 0 Å². The fourth-order valence-electron chi connectivity index (χ4n) is 2.83. The summed E-state index contributed by atoms with van der Waals surface area (Å²) >= 11 is 0.918. The van der Waals surface area contributed by atoms with E-state index in [4.69, 9.17) is 5.26 Å². The Labute approximate surface area is 152 Å². The van der Waals surface area contributed by atoms with Crippen molar-refractivity contribution in [2.75, 3.05) is 6.26 Å². The molecule has 9 heteroatoms. The number of nitrogens with zero attached hydrogens (tertiary/aromatic N) is 1. The molecule has 26 heavy (non-hydrogen) atoms. The first kappa shape index (κ1) is 18.8. The average Bonchev–Trinajstić information content (AvgIpc) is 2.75. The maximum absolute atomic E-state index is 14.5. The van der Waals surface area contributed by atoms with Gasteiger partial charge in [-0.05, 0) is 30.3 Å². The number of fused-ring (bicyclic) bond motifs is 1. The summed E-state index contributed by atoms with van der Waals surface area (Å²) in [5.41, 5.74) is -0.800. The van der Waals surface area contributed by atoms with Crippen molar-refractivity contribution < 1.29 is 26.7 Å². The van der Waals surface area contributed by atoms with E-state index in [-0.39, 0.29) is 4.90 Å². The smallest absolute Gasteiger partial charge is 0.312 e. The second-order valence-electron chi connectivity index (χ2n) is 5.84. The van der Waals surface area contributed by atoms with Gasteiger partial charge in [0, 0.05) is 27.2 Å². The van der Waals surface area contributed by atoms with E-state index in [1.807, 2.05) is 6.07 Å². The van der Waals surface area contributed by atoms with Crippen molar-refractivity contribution in [1.82, 2.24) is 0 Å². The average molecular weight is 399 g/mol. The number of benzene rings is 2. The highest BCUT2D eigenvalue weighted by Gasteiger charge is 2.58. The van der Waals surface area contributed by atoms with E-state index in [2.05, 4.69) is 0 Å². The molecule has 1 N–H and O–H groups in total. The molecular weight excluding hydrogens is 387 g/mol. The summed E-state index contributed by atoms with van der Waals surface area (Å²) in [5, 5.41) is 18.8. The van der Waals surface area contributed by atoms with E-state index in [1.54, 1.807) is 18.2 Å². The normalized spacial score (nSPS) is 21.2. The molecule has 0 saturated carbocycles. The second kappa shape index (κ2) is 6.30. The Kier molecular flexibility index (Phi) is 4.55. The Morgan fingerprint density at radius 1 is 1.23 bits per heavy atom. The highest BCUT2D eigenvalue weighted by molar-refractivity contribution is 7.99. The number of nitriles is 1. The van der Waals surface area contributed by atoms with Crippen LogP contribution >= 0.6 is 11.8 Å². The van der Waals surface area contributed by atoms with Gasteiger partial charge in [0.1, 0.15) is 6.10 Å². The van der Waals surface area contributed by atoms with E-state index in [1.165, 1.54) is 12.1 Å². The molecule has 0 amide bonds. The number of halogens is 3. The predicted octanol–water partition coefficient (Wildman–Crippen LogP) is 3.81. The van der Waals surface area contributed by atoms with Crippen LogP contribution in [0.4, 0.5) is 13.2 Å².